The number of hydrogen-bond donors (Lipinski definition) is 0. The zero-order valence-corrected chi connectivity index (χ0v) is 20.7. The Labute approximate surface area is 215 Å². The molecule has 10 heteroatoms. The summed E-state index contributed by atoms with van der Waals surface area (Å²) in [5, 5.41) is 0.207. The van der Waals surface area contributed by atoms with Crippen LogP contribution in [-0.2, 0) is 11.2 Å². The number of H-pyrrole nitrogens is 1. The fourth-order valence-electron chi connectivity index (χ4n) is 3.33. The number of thioether (sulfide) groups is 1. The summed E-state index contributed by atoms with van der Waals surface area (Å²) in [4.78, 5) is 16.3. The molecule has 1 aromatic heterocycles. The zero-order chi connectivity index (χ0) is 24.8. The highest BCUT2D eigenvalue weighted by Crippen LogP contribution is 2.38. The van der Waals surface area contributed by atoms with Gasteiger partial charge in [0.25, 0.3) is 0 Å². The van der Waals surface area contributed by atoms with Gasteiger partial charge in [0, 0.05) is 16.9 Å². The van der Waals surface area contributed by atoms with Crippen LogP contribution in [0.25, 0.3) is 0 Å². The van der Waals surface area contributed by atoms with Crippen LogP contribution in [0.4, 0.5) is 13.6 Å². The van der Waals surface area contributed by atoms with Crippen LogP contribution in [0.2, 0.25) is 10.0 Å². The molecule has 0 saturated heterocycles. The molecule has 1 aliphatic rings. The van der Waals surface area contributed by atoms with Crippen LogP contribution in [0.3, 0.4) is 0 Å². The first kappa shape index (κ1) is 25.5. The maximum atomic E-state index is 12.9. The van der Waals surface area contributed by atoms with E-state index < -0.39 is 18.0 Å². The minimum atomic E-state index is -3.00. The van der Waals surface area contributed by atoms with Crippen molar-refractivity contribution in [1.82, 2.24) is 0 Å². The molecule has 1 saturated carbocycles. The molecule has 1 aliphatic carbocycles. The second-order valence-electron chi connectivity index (χ2n) is 7.94. The van der Waals surface area contributed by atoms with Crippen molar-refractivity contribution >= 4 is 40.3 Å². The van der Waals surface area contributed by atoms with E-state index in [-0.39, 0.29) is 17.9 Å². The maximum Gasteiger partial charge on any atom is 0.387 e. The summed E-state index contributed by atoms with van der Waals surface area (Å²) in [6, 6.07) is 13.6. The molecule has 0 spiro atoms. The molecule has 0 radical (unpaired) electrons. The Morgan fingerprint density at radius 3 is 2.43 bits per heavy atom. The maximum absolute atomic E-state index is 12.9. The number of ether oxygens (including phenoxy) is 3. The molecular formula is C25H22Cl2F2NO4S+. The van der Waals surface area contributed by atoms with Crippen molar-refractivity contribution in [2.24, 2.45) is 5.92 Å². The summed E-state index contributed by atoms with van der Waals surface area (Å²) in [7, 11) is 0. The Bertz CT molecular complexity index is 1150. The van der Waals surface area contributed by atoms with Crippen LogP contribution in [0, 0.1) is 5.92 Å². The summed E-state index contributed by atoms with van der Waals surface area (Å²) in [5.74, 6) is 0.468. The van der Waals surface area contributed by atoms with Gasteiger partial charge in [0.05, 0.1) is 6.61 Å². The standard InChI is InChI=1S/C25H21Cl2F2NO4S/c26-19-12-30-13-20(27)18(19)11-22(34-25(31)35-17-4-2-1-3-5-17)16-8-9-21(33-24(28)29)23(10-16)32-14-15-6-7-15/h1-5,8-10,12-13,15,22,24H,6-7,11,14H2/p+1/t22-/m0/s1. The Morgan fingerprint density at radius 2 is 1.77 bits per heavy atom. The molecule has 35 heavy (non-hydrogen) atoms. The first-order valence-corrected chi connectivity index (χ1v) is 12.5. The number of carbonyl (C=O) groups excluding carboxylic acids is 1. The van der Waals surface area contributed by atoms with Gasteiger partial charge in [0.2, 0.25) is 0 Å². The summed E-state index contributed by atoms with van der Waals surface area (Å²) in [5.41, 5.74) is 1.10. The van der Waals surface area contributed by atoms with Gasteiger partial charge >= 0.3 is 11.9 Å². The molecule has 2 aromatic carbocycles. The first-order valence-electron chi connectivity index (χ1n) is 10.9. The molecular weight excluding hydrogens is 519 g/mol. The lowest BCUT2D eigenvalue weighted by atomic mass is 10.0. The smallest absolute Gasteiger partial charge is 0.387 e. The van der Waals surface area contributed by atoms with Gasteiger partial charge in [-0.3, -0.25) is 0 Å². The third kappa shape index (κ3) is 7.46. The minimum absolute atomic E-state index is 0.0847. The normalized spacial score (nSPS) is 14.0. The number of hydrogen-bond acceptors (Lipinski definition) is 5. The molecule has 0 aliphatic heterocycles. The second-order valence-corrected chi connectivity index (χ2v) is 9.77. The van der Waals surface area contributed by atoms with Gasteiger partial charge in [-0.15, -0.1) is 0 Å². The fraction of sp³-hybridized carbons (Fsp3) is 0.280. The van der Waals surface area contributed by atoms with Crippen LogP contribution in [0.15, 0.2) is 65.8 Å². The van der Waals surface area contributed by atoms with E-state index in [2.05, 4.69) is 9.72 Å². The number of benzene rings is 2. The number of aromatic amines is 1. The van der Waals surface area contributed by atoms with Crippen molar-refractivity contribution < 1.29 is 32.8 Å². The molecule has 5 nitrogen and oxygen atoms in total. The van der Waals surface area contributed by atoms with Crippen LogP contribution in [0.1, 0.15) is 30.1 Å². The molecule has 3 aromatic rings. The van der Waals surface area contributed by atoms with E-state index in [0.717, 1.165) is 29.5 Å². The second kappa shape index (κ2) is 11.9. The minimum Gasteiger partial charge on any atom is -0.489 e. The van der Waals surface area contributed by atoms with E-state index in [4.69, 9.17) is 32.7 Å². The number of alkyl halides is 2. The number of pyridine rings is 1. The molecule has 1 atom stereocenters. The highest BCUT2D eigenvalue weighted by atomic mass is 35.5. The predicted molar refractivity (Wildman–Crippen MR) is 130 cm³/mol. The first-order chi connectivity index (χ1) is 16.9. The lowest BCUT2D eigenvalue weighted by molar-refractivity contribution is -0.377. The topological polar surface area (TPSA) is 58.9 Å². The Balaban J connectivity index is 1.63. The predicted octanol–water partition coefficient (Wildman–Crippen LogP) is 7.41. The fourth-order valence-corrected chi connectivity index (χ4v) is 4.51. The summed E-state index contributed by atoms with van der Waals surface area (Å²) < 4.78 is 42.1. The van der Waals surface area contributed by atoms with E-state index in [1.807, 2.05) is 18.2 Å². The largest absolute Gasteiger partial charge is 0.489 e. The summed E-state index contributed by atoms with van der Waals surface area (Å²) >= 11 is 13.6. The molecule has 0 amide bonds. The molecule has 0 bridgehead atoms. The van der Waals surface area contributed by atoms with Crippen molar-refractivity contribution in [2.75, 3.05) is 6.61 Å². The number of halogens is 4. The van der Waals surface area contributed by atoms with Gasteiger partial charge in [-0.25, -0.2) is 9.78 Å². The number of rotatable bonds is 10. The SMILES string of the molecule is O=C(O[C@@H](Cc1c(Cl)c[nH+]cc1Cl)c1ccc(OC(F)F)c(OCC2CC2)c1)Sc1ccccc1. The van der Waals surface area contributed by atoms with Gasteiger partial charge in [-0.2, -0.15) is 8.78 Å². The zero-order valence-electron chi connectivity index (χ0n) is 18.4. The molecule has 1 N–H and O–H groups in total. The van der Waals surface area contributed by atoms with E-state index in [9.17, 15) is 13.6 Å². The van der Waals surface area contributed by atoms with Gasteiger partial charge < -0.3 is 14.2 Å². The Hall–Kier alpha value is -2.55. The van der Waals surface area contributed by atoms with Gasteiger partial charge in [-0.05, 0) is 60.4 Å². The Morgan fingerprint density at radius 1 is 1.06 bits per heavy atom. The number of aromatic nitrogens is 1. The van der Waals surface area contributed by atoms with Crippen LogP contribution < -0.4 is 14.5 Å². The van der Waals surface area contributed by atoms with Gasteiger partial charge in [0.15, 0.2) is 23.9 Å². The van der Waals surface area contributed by atoms with E-state index in [1.165, 1.54) is 6.07 Å². The van der Waals surface area contributed by atoms with Gasteiger partial charge in [0.1, 0.15) is 16.1 Å². The van der Waals surface area contributed by atoms with Crippen molar-refractivity contribution in [3.05, 3.63) is 82.1 Å². The average molecular weight is 541 g/mol. The lowest BCUT2D eigenvalue weighted by Crippen LogP contribution is -2.14. The van der Waals surface area contributed by atoms with Crippen molar-refractivity contribution in [2.45, 2.75) is 36.9 Å². The lowest BCUT2D eigenvalue weighted by Gasteiger charge is -2.21. The molecule has 1 fully saturated rings. The van der Waals surface area contributed by atoms with Crippen molar-refractivity contribution in [1.29, 1.82) is 0 Å². The van der Waals surface area contributed by atoms with E-state index in [0.29, 0.717) is 33.7 Å². The molecule has 1 heterocycles. The summed E-state index contributed by atoms with van der Waals surface area (Å²) in [6.07, 6.45) is 4.55. The van der Waals surface area contributed by atoms with Crippen molar-refractivity contribution in [3.63, 3.8) is 0 Å². The van der Waals surface area contributed by atoms with Crippen LogP contribution in [0.5, 0.6) is 11.5 Å². The highest BCUT2D eigenvalue weighted by molar-refractivity contribution is 8.13. The van der Waals surface area contributed by atoms with E-state index in [1.54, 1.807) is 36.7 Å². The van der Waals surface area contributed by atoms with Crippen molar-refractivity contribution in [3.8, 4) is 11.5 Å². The van der Waals surface area contributed by atoms with Gasteiger partial charge in [-0.1, -0.05) is 47.5 Å². The summed E-state index contributed by atoms with van der Waals surface area (Å²) in [6.45, 7) is -2.61. The number of carbonyl (C=O) groups is 1. The van der Waals surface area contributed by atoms with Crippen LogP contribution in [-0.4, -0.2) is 18.5 Å². The number of nitrogens with one attached hydrogen (secondary N) is 1. The third-order valence-corrected chi connectivity index (χ3v) is 6.74. The quantitative estimate of drug-likeness (QED) is 0.198. The monoisotopic (exact) mass is 540 g/mol. The van der Waals surface area contributed by atoms with Crippen LogP contribution >= 0.6 is 35.0 Å². The third-order valence-electron chi connectivity index (χ3n) is 5.30. The van der Waals surface area contributed by atoms with E-state index >= 15 is 0 Å². The molecule has 184 valence electrons. The average Bonchev–Trinajstić information content (AvgIpc) is 3.65. The Kier molecular flexibility index (Phi) is 8.70. The highest BCUT2D eigenvalue weighted by Gasteiger charge is 2.26. The molecule has 0 unspecified atom stereocenters. The molecule has 4 rings (SSSR count).